The van der Waals surface area contributed by atoms with Crippen LogP contribution in [0.15, 0.2) is 23.5 Å². The van der Waals surface area contributed by atoms with Gasteiger partial charge in [-0.2, -0.15) is 0 Å². The average Bonchev–Trinajstić information content (AvgIpc) is 2.64. The van der Waals surface area contributed by atoms with Crippen molar-refractivity contribution in [2.45, 2.75) is 57.5 Å². The molecule has 9 nitrogen and oxygen atoms in total. The lowest BCUT2D eigenvalue weighted by atomic mass is 10.0. The van der Waals surface area contributed by atoms with Gasteiger partial charge in [0.25, 0.3) is 5.91 Å². The van der Waals surface area contributed by atoms with Gasteiger partial charge in [0.2, 0.25) is 5.16 Å². The fraction of sp³-hybridized carbons (Fsp3) is 0.524. The van der Waals surface area contributed by atoms with E-state index in [9.17, 15) is 13.8 Å². The molecule has 1 aliphatic heterocycles. The second-order valence-electron chi connectivity index (χ2n) is 8.86. The molecule has 0 radical (unpaired) electrons. The fourth-order valence-electron chi connectivity index (χ4n) is 3.90. The zero-order chi connectivity index (χ0) is 23.1. The highest BCUT2D eigenvalue weighted by Crippen LogP contribution is 2.31. The van der Waals surface area contributed by atoms with Crippen molar-refractivity contribution in [2.24, 2.45) is 5.73 Å². The van der Waals surface area contributed by atoms with Crippen LogP contribution in [0.1, 0.15) is 45.0 Å². The molecule has 2 N–H and O–H groups in total. The number of hydrogen-bond acceptors (Lipinski definition) is 7. The molecule has 0 aliphatic carbocycles. The highest BCUT2D eigenvalue weighted by Gasteiger charge is 2.36. The number of amides is 2. The molecular weight excluding hydrogens is 418 g/mol. The Morgan fingerprint density at radius 2 is 1.81 bits per heavy atom. The van der Waals surface area contributed by atoms with Gasteiger partial charge in [0.1, 0.15) is 5.60 Å². The Morgan fingerprint density at radius 3 is 2.32 bits per heavy atom. The molecular formula is C21H29N5O4S. The maximum absolute atomic E-state index is 12.7. The van der Waals surface area contributed by atoms with Crippen LogP contribution in [0, 0.1) is 0 Å². The van der Waals surface area contributed by atoms with Crippen LogP contribution in [0.2, 0.25) is 0 Å². The highest BCUT2D eigenvalue weighted by atomic mass is 32.2. The molecule has 168 valence electrons. The number of nitrogens with two attached hydrogens (primary N) is 1. The molecule has 31 heavy (non-hydrogen) atoms. The number of carbonyl (C=O) groups excluding carboxylic acids is 2. The number of fused-ring (bicyclic) bond motifs is 1. The predicted molar refractivity (Wildman–Crippen MR) is 120 cm³/mol. The second-order valence-corrected chi connectivity index (χ2v) is 10.1. The first-order valence-corrected chi connectivity index (χ1v) is 11.6. The van der Waals surface area contributed by atoms with E-state index in [4.69, 9.17) is 10.5 Å². The molecule has 0 spiro atoms. The summed E-state index contributed by atoms with van der Waals surface area (Å²) in [6.45, 7) is 10.6. The molecule has 2 heterocycles. The van der Waals surface area contributed by atoms with E-state index in [1.807, 2.05) is 40.7 Å². The minimum atomic E-state index is -1.39. The Morgan fingerprint density at radius 1 is 1.19 bits per heavy atom. The monoisotopic (exact) mass is 447 g/mol. The topological polar surface area (TPSA) is 119 Å². The molecule has 3 rings (SSSR count). The molecule has 1 unspecified atom stereocenters. The molecule has 1 aliphatic rings. The molecule has 1 aromatic carbocycles. The van der Waals surface area contributed by atoms with Crippen LogP contribution in [0.5, 0.6) is 0 Å². The third-order valence-corrected chi connectivity index (χ3v) is 5.80. The van der Waals surface area contributed by atoms with Crippen molar-refractivity contribution in [2.75, 3.05) is 24.2 Å². The number of benzene rings is 1. The molecule has 10 heteroatoms. The summed E-state index contributed by atoms with van der Waals surface area (Å²) in [5.74, 6) is -0.612. The normalized spacial score (nSPS) is 20.6. The second kappa shape index (κ2) is 8.41. The lowest BCUT2D eigenvalue weighted by Gasteiger charge is -2.45. The number of carbonyl (C=O) groups is 2. The lowest BCUT2D eigenvalue weighted by molar-refractivity contribution is 0.00567. The lowest BCUT2D eigenvalue weighted by Crippen LogP contribution is -2.59. The molecule has 0 bridgehead atoms. The van der Waals surface area contributed by atoms with Crippen molar-refractivity contribution in [1.82, 2.24) is 14.9 Å². The number of nitrogens with zero attached hydrogens (tertiary/aromatic N) is 4. The largest absolute Gasteiger partial charge is 0.444 e. The third kappa shape index (κ3) is 4.79. The Bertz CT molecular complexity index is 1040. The summed E-state index contributed by atoms with van der Waals surface area (Å²) in [7, 11) is -1.39. The number of hydrogen-bond donors (Lipinski definition) is 1. The number of rotatable bonds is 3. The minimum absolute atomic E-state index is 0.104. The zero-order valence-electron chi connectivity index (χ0n) is 18.7. The number of ether oxygens (including phenoxy) is 1. The summed E-state index contributed by atoms with van der Waals surface area (Å²) in [5.41, 5.74) is 6.42. The maximum Gasteiger partial charge on any atom is 0.410 e. The Kier molecular flexibility index (Phi) is 6.22. The van der Waals surface area contributed by atoms with Gasteiger partial charge in [-0.1, -0.05) is 0 Å². The van der Waals surface area contributed by atoms with Crippen LogP contribution in [0.3, 0.4) is 0 Å². The molecule has 0 saturated carbocycles. The first-order chi connectivity index (χ1) is 14.4. The SMILES string of the molecule is C[C@@H]1CN(c2ccc(C(N)=O)c3nc(S(C)=O)ncc23)C[C@H](C)N1C(=O)OC(C)(C)C. The van der Waals surface area contributed by atoms with Gasteiger partial charge in [-0.25, -0.2) is 14.8 Å². The van der Waals surface area contributed by atoms with Gasteiger partial charge in [-0.05, 0) is 46.8 Å². The van der Waals surface area contributed by atoms with E-state index in [1.54, 1.807) is 17.2 Å². The van der Waals surface area contributed by atoms with E-state index >= 15 is 0 Å². The molecule has 2 amide bonds. The third-order valence-electron chi connectivity index (χ3n) is 5.09. The van der Waals surface area contributed by atoms with Gasteiger partial charge >= 0.3 is 6.09 Å². The van der Waals surface area contributed by atoms with E-state index in [0.29, 0.717) is 24.0 Å². The van der Waals surface area contributed by atoms with Gasteiger partial charge in [0.05, 0.1) is 34.0 Å². The summed E-state index contributed by atoms with van der Waals surface area (Å²) in [6.07, 6.45) is 2.73. The van der Waals surface area contributed by atoms with Crippen LogP contribution in [-0.2, 0) is 15.5 Å². The van der Waals surface area contributed by atoms with Crippen molar-refractivity contribution in [3.8, 4) is 0 Å². The quantitative estimate of drug-likeness (QED) is 0.717. The first-order valence-electron chi connectivity index (χ1n) is 10.1. The molecule has 1 saturated heterocycles. The molecule has 3 atom stereocenters. The van der Waals surface area contributed by atoms with E-state index < -0.39 is 22.3 Å². The number of primary amides is 1. The van der Waals surface area contributed by atoms with E-state index in [1.165, 1.54) is 6.26 Å². The van der Waals surface area contributed by atoms with Gasteiger partial charge in [0.15, 0.2) is 0 Å². The maximum atomic E-state index is 12.7. The van der Waals surface area contributed by atoms with Crippen molar-refractivity contribution >= 4 is 39.4 Å². The molecule has 1 aromatic heterocycles. The van der Waals surface area contributed by atoms with Crippen molar-refractivity contribution in [3.63, 3.8) is 0 Å². The average molecular weight is 448 g/mol. The zero-order valence-corrected chi connectivity index (χ0v) is 19.5. The van der Waals surface area contributed by atoms with Crippen LogP contribution in [0.4, 0.5) is 10.5 Å². The van der Waals surface area contributed by atoms with Crippen molar-refractivity contribution < 1.29 is 18.5 Å². The van der Waals surface area contributed by atoms with Crippen LogP contribution >= 0.6 is 0 Å². The van der Waals surface area contributed by atoms with Gasteiger partial charge in [0, 0.05) is 36.6 Å². The van der Waals surface area contributed by atoms with Crippen LogP contribution in [0.25, 0.3) is 10.9 Å². The van der Waals surface area contributed by atoms with Crippen molar-refractivity contribution in [1.29, 1.82) is 0 Å². The molecule has 1 fully saturated rings. The smallest absolute Gasteiger partial charge is 0.410 e. The number of anilines is 1. The van der Waals surface area contributed by atoms with Gasteiger partial charge in [-0.3, -0.25) is 13.9 Å². The summed E-state index contributed by atoms with van der Waals surface area (Å²) in [4.78, 5) is 37.1. The fourth-order valence-corrected chi connectivity index (χ4v) is 4.32. The van der Waals surface area contributed by atoms with E-state index in [-0.39, 0.29) is 28.9 Å². The number of aromatic nitrogens is 2. The predicted octanol–water partition coefficient (Wildman–Crippen LogP) is 2.30. The van der Waals surface area contributed by atoms with Crippen molar-refractivity contribution in [3.05, 3.63) is 23.9 Å². The van der Waals surface area contributed by atoms with Crippen LogP contribution < -0.4 is 10.6 Å². The van der Waals surface area contributed by atoms with E-state index in [0.717, 1.165) is 5.69 Å². The molecule has 2 aromatic rings. The van der Waals surface area contributed by atoms with Gasteiger partial charge < -0.3 is 15.4 Å². The number of piperazine rings is 1. The highest BCUT2D eigenvalue weighted by molar-refractivity contribution is 7.84. The van der Waals surface area contributed by atoms with E-state index in [2.05, 4.69) is 14.9 Å². The Hall–Kier alpha value is -2.75. The Balaban J connectivity index is 1.98. The summed E-state index contributed by atoms with van der Waals surface area (Å²) < 4.78 is 17.4. The first kappa shape index (κ1) is 22.9. The summed E-state index contributed by atoms with van der Waals surface area (Å²) >= 11 is 0. The van der Waals surface area contributed by atoms with Gasteiger partial charge in [-0.15, -0.1) is 0 Å². The van der Waals surface area contributed by atoms with Crippen LogP contribution in [-0.4, -0.2) is 68.1 Å². The Labute approximate surface area is 184 Å². The summed E-state index contributed by atoms with van der Waals surface area (Å²) in [6, 6.07) is 3.24. The minimum Gasteiger partial charge on any atom is -0.444 e. The summed E-state index contributed by atoms with van der Waals surface area (Å²) in [5, 5.41) is 0.791. The standard InChI is InChI=1S/C21H29N5O4S/c1-12-10-25(11-13(2)26(12)20(28)30-21(3,4)5)16-8-7-14(18(22)27)17-15(16)9-23-19(24-17)31(6)29/h7-9,12-13H,10-11H2,1-6H3,(H2,22,27)/t12-,13+,31?.